The minimum Gasteiger partial charge on any atom is -0.496 e. The van der Waals surface area contributed by atoms with Crippen molar-refractivity contribution in [3.63, 3.8) is 0 Å². The van der Waals surface area contributed by atoms with Crippen LogP contribution >= 0.6 is 0 Å². The Kier molecular flexibility index (Phi) is 7.54. The molecule has 0 amide bonds. The molecule has 4 rings (SSSR count). The molecule has 0 bridgehead atoms. The van der Waals surface area contributed by atoms with Gasteiger partial charge in [-0.25, -0.2) is 0 Å². The molecule has 1 aliphatic carbocycles. The Morgan fingerprint density at radius 3 is 2.44 bits per heavy atom. The molecule has 10 nitrogen and oxygen atoms in total. The number of ketones is 1. The largest absolute Gasteiger partial charge is 0.496 e. The molecule has 0 aromatic heterocycles. The van der Waals surface area contributed by atoms with Crippen molar-refractivity contribution >= 4 is 17.2 Å². The van der Waals surface area contributed by atoms with E-state index in [1.165, 1.54) is 24.1 Å². The third-order valence-electron chi connectivity index (χ3n) is 6.90. The van der Waals surface area contributed by atoms with Crippen LogP contribution in [-0.2, 0) is 4.79 Å². The molecule has 0 radical (unpaired) electrons. The van der Waals surface area contributed by atoms with Crippen molar-refractivity contribution in [2.24, 2.45) is 11.1 Å². The lowest BCUT2D eigenvalue weighted by Crippen LogP contribution is -2.42. The highest BCUT2D eigenvalue weighted by Gasteiger charge is 2.46. The monoisotopic (exact) mass is 532 g/mol. The minimum absolute atomic E-state index is 0.0179. The zero-order chi connectivity index (χ0) is 28.5. The Bertz CT molecular complexity index is 1440. The zero-order valence-electron chi connectivity index (χ0n) is 22.7. The van der Waals surface area contributed by atoms with Crippen molar-refractivity contribution in [3.8, 4) is 23.3 Å². The van der Waals surface area contributed by atoms with E-state index in [-0.39, 0.29) is 35.0 Å². The van der Waals surface area contributed by atoms with Gasteiger partial charge >= 0.3 is 0 Å². The summed E-state index contributed by atoms with van der Waals surface area (Å²) in [7, 11) is 1.42. The maximum Gasteiger partial charge on any atom is 0.296 e. The second-order valence-corrected chi connectivity index (χ2v) is 10.2. The summed E-state index contributed by atoms with van der Waals surface area (Å²) in [6, 6.07) is 11.9. The molecule has 0 saturated heterocycles. The number of benzene rings is 2. The predicted molar refractivity (Wildman–Crippen MR) is 146 cm³/mol. The fraction of sp³-hybridized carbons (Fsp3) is 0.379. The Hall–Kier alpha value is -4.52. The van der Waals surface area contributed by atoms with Crippen LogP contribution in [0.1, 0.15) is 52.0 Å². The number of rotatable bonds is 8. The number of nitro benzene ring substituents is 1. The summed E-state index contributed by atoms with van der Waals surface area (Å²) in [6.07, 6.45) is 0.650. The number of nitrogens with two attached hydrogens (primary N) is 1. The fourth-order valence-electron chi connectivity index (χ4n) is 5.36. The van der Waals surface area contributed by atoms with Crippen molar-refractivity contribution in [1.82, 2.24) is 0 Å². The highest BCUT2D eigenvalue weighted by Crippen LogP contribution is 2.53. The van der Waals surface area contributed by atoms with Crippen molar-refractivity contribution in [3.05, 3.63) is 74.7 Å². The molecule has 0 spiro atoms. The summed E-state index contributed by atoms with van der Waals surface area (Å²) in [5.74, 6) is 0.391. The molecule has 1 unspecified atom stereocenters. The number of carbonyl (C=O) groups excluding carboxylic acids is 1. The standard InChI is InChI=1S/C29H32N4O6/c1-6-38-18-9-11-25(39-7-2)19(12-18)26-20(16-30)28(31)32(23-14-29(3,4)15-24(34)27(23)26)21-10-8-17(37-5)13-22(21)33(35)36/h8-13,26H,6-7,14-15,31H2,1-5H3. The topological polar surface area (TPSA) is 141 Å². The van der Waals surface area contributed by atoms with Crippen molar-refractivity contribution in [2.75, 3.05) is 25.2 Å². The number of methoxy groups -OCH3 is 1. The molecule has 39 heavy (non-hydrogen) atoms. The number of ether oxygens (including phenoxy) is 3. The molecular formula is C29H32N4O6. The number of hydrogen-bond donors (Lipinski definition) is 1. The highest BCUT2D eigenvalue weighted by molar-refractivity contribution is 6.02. The first-order valence-electron chi connectivity index (χ1n) is 12.7. The first kappa shape index (κ1) is 27.5. The quantitative estimate of drug-likeness (QED) is 0.352. The molecule has 2 N–H and O–H groups in total. The van der Waals surface area contributed by atoms with Gasteiger partial charge in [-0.05, 0) is 56.0 Å². The smallest absolute Gasteiger partial charge is 0.296 e. The van der Waals surface area contributed by atoms with Gasteiger partial charge in [0.2, 0.25) is 0 Å². The van der Waals surface area contributed by atoms with Gasteiger partial charge in [-0.15, -0.1) is 0 Å². The third kappa shape index (κ3) is 5.00. The maximum absolute atomic E-state index is 13.9. The number of Topliss-reactive ketones (excluding diaryl/α,β-unsaturated/α-hetero) is 1. The number of carbonyl (C=O) groups is 1. The lowest BCUT2D eigenvalue weighted by Gasteiger charge is -2.43. The zero-order valence-corrected chi connectivity index (χ0v) is 22.7. The second-order valence-electron chi connectivity index (χ2n) is 10.2. The van der Waals surface area contributed by atoms with Gasteiger partial charge in [0.15, 0.2) is 5.78 Å². The third-order valence-corrected chi connectivity index (χ3v) is 6.90. The van der Waals surface area contributed by atoms with Crippen molar-refractivity contribution in [2.45, 2.75) is 46.5 Å². The van der Waals surface area contributed by atoms with Crippen LogP contribution in [0.2, 0.25) is 0 Å². The van der Waals surface area contributed by atoms with E-state index >= 15 is 0 Å². The Balaban J connectivity index is 2.06. The number of nitriles is 1. The molecule has 2 aromatic carbocycles. The SMILES string of the molecule is CCOc1ccc(OCC)c(C2C(C#N)=C(N)N(c3ccc(OC)cc3[N+](=O)[O-])C3=C2C(=O)CC(C)(C)C3)c1. The maximum atomic E-state index is 13.9. The summed E-state index contributed by atoms with van der Waals surface area (Å²) >= 11 is 0. The molecule has 1 heterocycles. The highest BCUT2D eigenvalue weighted by atomic mass is 16.6. The normalized spacial score (nSPS) is 18.4. The summed E-state index contributed by atoms with van der Waals surface area (Å²) < 4.78 is 16.9. The van der Waals surface area contributed by atoms with Gasteiger partial charge in [-0.3, -0.25) is 19.8 Å². The van der Waals surface area contributed by atoms with E-state index in [0.29, 0.717) is 53.7 Å². The van der Waals surface area contributed by atoms with Crippen LogP contribution in [0.25, 0.3) is 0 Å². The molecule has 2 aliphatic rings. The number of nitro groups is 1. The first-order valence-corrected chi connectivity index (χ1v) is 12.7. The molecule has 0 saturated carbocycles. The van der Waals surface area contributed by atoms with E-state index in [1.807, 2.05) is 27.7 Å². The van der Waals surface area contributed by atoms with Crippen LogP contribution in [0.4, 0.5) is 11.4 Å². The molecule has 1 atom stereocenters. The fourth-order valence-corrected chi connectivity index (χ4v) is 5.36. The average molecular weight is 533 g/mol. The van der Waals surface area contributed by atoms with E-state index in [2.05, 4.69) is 6.07 Å². The number of anilines is 1. The van der Waals surface area contributed by atoms with Crippen LogP contribution in [0.15, 0.2) is 59.1 Å². The number of nitrogens with zero attached hydrogens (tertiary/aromatic N) is 3. The van der Waals surface area contributed by atoms with Gasteiger partial charge in [0.05, 0.1) is 48.9 Å². The van der Waals surface area contributed by atoms with E-state index in [9.17, 15) is 20.2 Å². The van der Waals surface area contributed by atoms with Crippen LogP contribution in [0.3, 0.4) is 0 Å². The van der Waals surface area contributed by atoms with Gasteiger partial charge in [-0.2, -0.15) is 5.26 Å². The summed E-state index contributed by atoms with van der Waals surface area (Å²) in [6.45, 7) is 8.43. The lowest BCUT2D eigenvalue weighted by molar-refractivity contribution is -0.384. The second kappa shape index (κ2) is 10.7. The van der Waals surface area contributed by atoms with E-state index in [1.54, 1.807) is 24.3 Å². The van der Waals surface area contributed by atoms with Crippen LogP contribution in [0, 0.1) is 26.9 Å². The summed E-state index contributed by atoms with van der Waals surface area (Å²) in [5.41, 5.74) is 7.72. The van der Waals surface area contributed by atoms with Gasteiger partial charge in [0.25, 0.3) is 5.69 Å². The lowest BCUT2D eigenvalue weighted by atomic mass is 9.68. The van der Waals surface area contributed by atoms with Crippen molar-refractivity contribution < 1.29 is 23.9 Å². The van der Waals surface area contributed by atoms with Gasteiger partial charge < -0.3 is 19.9 Å². The minimum atomic E-state index is -0.830. The first-order chi connectivity index (χ1) is 18.6. The number of hydrogen-bond acceptors (Lipinski definition) is 9. The molecule has 1 aliphatic heterocycles. The van der Waals surface area contributed by atoms with Crippen molar-refractivity contribution in [1.29, 1.82) is 5.26 Å². The van der Waals surface area contributed by atoms with E-state index in [4.69, 9.17) is 19.9 Å². The molecule has 204 valence electrons. The van der Waals surface area contributed by atoms with Crippen LogP contribution in [0.5, 0.6) is 17.2 Å². The Morgan fingerprint density at radius 2 is 1.82 bits per heavy atom. The summed E-state index contributed by atoms with van der Waals surface area (Å²) in [4.78, 5) is 27.0. The van der Waals surface area contributed by atoms with Gasteiger partial charge in [0, 0.05) is 23.3 Å². The molecule has 0 fully saturated rings. The van der Waals surface area contributed by atoms with Gasteiger partial charge in [-0.1, -0.05) is 13.8 Å². The molecular weight excluding hydrogens is 500 g/mol. The van der Waals surface area contributed by atoms with Gasteiger partial charge in [0.1, 0.15) is 28.8 Å². The Labute approximate surface area is 227 Å². The number of allylic oxidation sites excluding steroid dienone is 3. The predicted octanol–water partition coefficient (Wildman–Crippen LogP) is 5.34. The Morgan fingerprint density at radius 1 is 1.13 bits per heavy atom. The van der Waals surface area contributed by atoms with E-state index in [0.717, 1.165) is 0 Å². The molecule has 2 aromatic rings. The van der Waals surface area contributed by atoms with Crippen LogP contribution in [-0.4, -0.2) is 31.0 Å². The molecule has 10 heteroatoms. The average Bonchev–Trinajstić information content (AvgIpc) is 2.88. The van der Waals surface area contributed by atoms with Crippen LogP contribution < -0.4 is 24.8 Å². The summed E-state index contributed by atoms with van der Waals surface area (Å²) in [5, 5.41) is 22.5. The van der Waals surface area contributed by atoms with E-state index < -0.39 is 16.3 Å².